The molecule has 0 spiro atoms. The van der Waals surface area contributed by atoms with Crippen LogP contribution in [-0.2, 0) is 5.41 Å². The van der Waals surface area contributed by atoms with Crippen LogP contribution in [0.1, 0.15) is 26.3 Å². The molecule has 3 N–H and O–H groups in total. The van der Waals surface area contributed by atoms with Crippen molar-refractivity contribution < 1.29 is 24.9 Å². The highest BCUT2D eigenvalue weighted by Crippen LogP contribution is 2.43. The van der Waals surface area contributed by atoms with Crippen molar-refractivity contribution in [3.8, 4) is 34.2 Å². The molecule has 39 heavy (non-hydrogen) atoms. The van der Waals surface area contributed by atoms with Gasteiger partial charge in [0.05, 0.1) is 5.52 Å². The number of fused-ring (bicyclic) bond motifs is 1. The molecule has 0 saturated carbocycles. The van der Waals surface area contributed by atoms with E-state index < -0.39 is 6.16 Å². The van der Waals surface area contributed by atoms with E-state index in [2.05, 4.69) is 31.0 Å². The number of para-hydroxylation sites is 2. The second kappa shape index (κ2) is 9.98. The maximum atomic E-state index is 11.3. The molecule has 196 valence electrons. The molecule has 1 heterocycles. The summed E-state index contributed by atoms with van der Waals surface area (Å²) >= 11 is 0. The molecule has 0 fully saturated rings. The topological polar surface area (TPSA) is 117 Å². The van der Waals surface area contributed by atoms with Crippen molar-refractivity contribution in [2.75, 3.05) is 0 Å². The van der Waals surface area contributed by atoms with Crippen molar-refractivity contribution >= 4 is 28.4 Å². The van der Waals surface area contributed by atoms with Crippen LogP contribution in [0.3, 0.4) is 0 Å². The lowest BCUT2D eigenvalue weighted by Crippen LogP contribution is -2.10. The van der Waals surface area contributed by atoms with Gasteiger partial charge in [-0.2, -0.15) is 0 Å². The highest BCUT2D eigenvalue weighted by Gasteiger charge is 2.19. The van der Waals surface area contributed by atoms with E-state index in [9.17, 15) is 15.0 Å². The molecule has 0 unspecified atom stereocenters. The molecule has 0 bridgehead atoms. The van der Waals surface area contributed by atoms with Gasteiger partial charge in [0.2, 0.25) is 5.88 Å². The number of ether oxygens (including phenoxy) is 1. The number of aromatic hydroxyl groups is 2. The van der Waals surface area contributed by atoms with Gasteiger partial charge in [0, 0.05) is 16.6 Å². The number of phenols is 1. The summed E-state index contributed by atoms with van der Waals surface area (Å²) in [6.07, 6.45) is -1.43. The Hall–Kier alpha value is -5.11. The summed E-state index contributed by atoms with van der Waals surface area (Å²) in [5.74, 6) is -0.0907. The van der Waals surface area contributed by atoms with Gasteiger partial charge >= 0.3 is 6.16 Å². The largest absolute Gasteiger partial charge is 0.511 e. The van der Waals surface area contributed by atoms with Gasteiger partial charge < -0.3 is 20.1 Å². The Morgan fingerprint density at radius 1 is 0.846 bits per heavy atom. The number of hydrogen-bond acceptors (Lipinski definition) is 6. The average molecular weight is 522 g/mol. The number of benzene rings is 4. The van der Waals surface area contributed by atoms with Crippen molar-refractivity contribution in [3.05, 3.63) is 96.6 Å². The van der Waals surface area contributed by atoms with Crippen LogP contribution in [0.5, 0.6) is 17.4 Å². The SMILES string of the molecule is CC(C)(C)c1ccc(-n2c(O)c(N=Nc3cccc(-c4cccc(OC(=O)O)c4)c3O)c3ccccc32)cc1. The predicted octanol–water partition coefficient (Wildman–Crippen LogP) is 8.48. The molecule has 1 aromatic heterocycles. The normalized spacial score (nSPS) is 11.8. The summed E-state index contributed by atoms with van der Waals surface area (Å²) in [5, 5.41) is 40.5. The van der Waals surface area contributed by atoms with Crippen molar-refractivity contribution in [3.63, 3.8) is 0 Å². The fourth-order valence-electron chi connectivity index (χ4n) is 4.46. The molecular formula is C31H27N3O5. The molecular weight excluding hydrogens is 494 g/mol. The molecule has 0 atom stereocenters. The zero-order chi connectivity index (χ0) is 27.7. The minimum atomic E-state index is -1.43. The minimum Gasteiger partial charge on any atom is -0.505 e. The molecule has 4 aromatic carbocycles. The van der Waals surface area contributed by atoms with Crippen LogP contribution in [0.15, 0.2) is 101 Å². The molecule has 0 amide bonds. The Bertz CT molecular complexity index is 1710. The minimum absolute atomic E-state index is 0.000156. The van der Waals surface area contributed by atoms with E-state index in [1.54, 1.807) is 34.9 Å². The predicted molar refractivity (Wildman–Crippen MR) is 150 cm³/mol. The monoisotopic (exact) mass is 521 g/mol. The van der Waals surface area contributed by atoms with Gasteiger partial charge in [-0.25, -0.2) is 4.79 Å². The van der Waals surface area contributed by atoms with Crippen molar-refractivity contribution in [1.82, 2.24) is 4.57 Å². The molecule has 8 nitrogen and oxygen atoms in total. The summed E-state index contributed by atoms with van der Waals surface area (Å²) in [5.41, 5.74) is 4.15. The Balaban J connectivity index is 1.55. The van der Waals surface area contributed by atoms with Gasteiger partial charge in [0.15, 0.2) is 11.4 Å². The van der Waals surface area contributed by atoms with Crippen LogP contribution in [0.4, 0.5) is 16.2 Å². The van der Waals surface area contributed by atoms with E-state index >= 15 is 0 Å². The third-order valence-corrected chi connectivity index (χ3v) is 6.44. The number of carboxylic acid groups (broad SMARTS) is 1. The van der Waals surface area contributed by atoms with Gasteiger partial charge in [-0.3, -0.25) is 4.57 Å². The number of hydrogen-bond donors (Lipinski definition) is 3. The summed E-state index contributed by atoms with van der Waals surface area (Å²) in [6, 6.07) is 26.9. The summed E-state index contributed by atoms with van der Waals surface area (Å²) < 4.78 is 6.45. The first-order valence-corrected chi connectivity index (χ1v) is 12.3. The molecule has 0 aliphatic heterocycles. The van der Waals surface area contributed by atoms with Crippen LogP contribution in [0.2, 0.25) is 0 Å². The first kappa shape index (κ1) is 25.5. The first-order valence-electron chi connectivity index (χ1n) is 12.3. The standard InChI is InChI=1S/C31H27N3O5/c1-31(2,3)20-14-16-21(17-15-20)34-26-13-5-4-10-24(26)27(29(34)36)33-32-25-12-7-11-23(28(25)35)19-8-6-9-22(18-19)39-30(37)38/h4-18,35-36H,1-3H3,(H,37,38). The maximum absolute atomic E-state index is 11.3. The number of phenolic OH excluding ortho intramolecular Hbond substituents is 1. The third kappa shape index (κ3) is 5.04. The van der Waals surface area contributed by atoms with Gasteiger partial charge in [0.1, 0.15) is 11.4 Å². The van der Waals surface area contributed by atoms with Crippen LogP contribution in [0.25, 0.3) is 27.7 Å². The summed E-state index contributed by atoms with van der Waals surface area (Å²) in [6.45, 7) is 6.44. The first-order chi connectivity index (χ1) is 18.6. The maximum Gasteiger partial charge on any atom is 0.511 e. The fourth-order valence-corrected chi connectivity index (χ4v) is 4.46. The van der Waals surface area contributed by atoms with E-state index in [4.69, 9.17) is 9.84 Å². The van der Waals surface area contributed by atoms with Crippen LogP contribution < -0.4 is 4.74 Å². The number of carbonyl (C=O) groups is 1. The lowest BCUT2D eigenvalue weighted by molar-refractivity contribution is 0.144. The molecule has 0 saturated heterocycles. The van der Waals surface area contributed by atoms with E-state index in [1.165, 1.54) is 17.7 Å². The Morgan fingerprint density at radius 2 is 1.56 bits per heavy atom. The van der Waals surface area contributed by atoms with Crippen molar-refractivity contribution in [2.45, 2.75) is 26.2 Å². The number of azo groups is 1. The molecule has 0 aliphatic rings. The van der Waals surface area contributed by atoms with Gasteiger partial charge in [-0.15, -0.1) is 10.2 Å². The zero-order valence-electron chi connectivity index (χ0n) is 21.7. The second-order valence-electron chi connectivity index (χ2n) is 10.1. The van der Waals surface area contributed by atoms with Crippen molar-refractivity contribution in [2.24, 2.45) is 10.2 Å². The van der Waals surface area contributed by atoms with Crippen LogP contribution >= 0.6 is 0 Å². The van der Waals surface area contributed by atoms with E-state index in [0.717, 1.165) is 11.2 Å². The number of nitrogens with zero attached hydrogens (tertiary/aromatic N) is 3. The Labute approximate surface area is 225 Å². The van der Waals surface area contributed by atoms with Crippen LogP contribution in [0, 0.1) is 0 Å². The number of rotatable bonds is 5. The molecule has 8 heteroatoms. The molecule has 0 radical (unpaired) electrons. The van der Waals surface area contributed by atoms with Gasteiger partial charge in [-0.05, 0) is 52.9 Å². The van der Waals surface area contributed by atoms with E-state index in [1.807, 2.05) is 48.5 Å². The van der Waals surface area contributed by atoms with Gasteiger partial charge in [0.25, 0.3) is 0 Å². The molecule has 0 aliphatic carbocycles. The quantitative estimate of drug-likeness (QED) is 0.122. The number of aromatic nitrogens is 1. The molecule has 5 aromatic rings. The summed E-state index contributed by atoms with van der Waals surface area (Å²) in [4.78, 5) is 10.9. The zero-order valence-corrected chi connectivity index (χ0v) is 21.7. The average Bonchev–Trinajstić information content (AvgIpc) is 3.18. The highest BCUT2D eigenvalue weighted by molar-refractivity contribution is 5.96. The van der Waals surface area contributed by atoms with Crippen LogP contribution in [-0.4, -0.2) is 26.0 Å². The summed E-state index contributed by atoms with van der Waals surface area (Å²) in [7, 11) is 0. The van der Waals surface area contributed by atoms with E-state index in [0.29, 0.717) is 16.5 Å². The lowest BCUT2D eigenvalue weighted by atomic mass is 9.87. The smallest absolute Gasteiger partial charge is 0.505 e. The second-order valence-corrected chi connectivity index (χ2v) is 10.1. The van der Waals surface area contributed by atoms with E-state index in [-0.39, 0.29) is 34.2 Å². The fraction of sp³-hybridized carbons (Fsp3) is 0.129. The van der Waals surface area contributed by atoms with Crippen molar-refractivity contribution in [1.29, 1.82) is 0 Å². The Kier molecular flexibility index (Phi) is 6.54. The lowest BCUT2D eigenvalue weighted by Gasteiger charge is -2.19. The van der Waals surface area contributed by atoms with Gasteiger partial charge in [-0.1, -0.05) is 75.4 Å². The molecule has 5 rings (SSSR count). The highest BCUT2D eigenvalue weighted by atomic mass is 16.7. The Morgan fingerprint density at radius 3 is 2.28 bits per heavy atom. The third-order valence-electron chi connectivity index (χ3n) is 6.44.